The molecule has 1 saturated carbocycles. The van der Waals surface area contributed by atoms with Gasteiger partial charge in [0.1, 0.15) is 5.60 Å². The Kier molecular flexibility index (Phi) is 7.40. The Labute approximate surface area is 135 Å². The lowest BCUT2D eigenvalue weighted by Gasteiger charge is -2.25. The molecule has 1 N–H and O–H groups in total. The minimum atomic E-state index is -2.60. The average Bonchev–Trinajstić information content (AvgIpc) is 2.83. The van der Waals surface area contributed by atoms with Crippen LogP contribution in [-0.4, -0.2) is 36.2 Å². The van der Waals surface area contributed by atoms with Gasteiger partial charge >= 0.3 is 6.09 Å². The molecule has 1 aliphatic rings. The zero-order chi connectivity index (χ0) is 16.8. The first-order valence-electron chi connectivity index (χ1n) is 8.43. The highest BCUT2D eigenvalue weighted by atomic mass is 31.2. The van der Waals surface area contributed by atoms with E-state index in [1.54, 1.807) is 0 Å². The standard InChI is InChI=1S/C16H32NO4P/c1-6-8-11-22(19,20-7-2)14-10-9-13(12-14)17-15(18)21-16(3,4)5/h13-14H,6-12H2,1-5H3,(H,17,18)/t13-,14+,22?/m0/s1. The largest absolute Gasteiger partial charge is 0.444 e. The molecule has 0 aromatic carbocycles. The lowest BCUT2D eigenvalue weighted by molar-refractivity contribution is 0.0505. The third kappa shape index (κ3) is 6.29. The Morgan fingerprint density at radius 1 is 1.27 bits per heavy atom. The SMILES string of the molecule is CCCCP(=O)(OCC)[C@@H]1CC[C@H](NC(=O)OC(C)(C)C)C1. The summed E-state index contributed by atoms with van der Waals surface area (Å²) in [5.74, 6) is 0. The van der Waals surface area contributed by atoms with Gasteiger partial charge in [-0.2, -0.15) is 0 Å². The van der Waals surface area contributed by atoms with E-state index >= 15 is 0 Å². The highest BCUT2D eigenvalue weighted by molar-refractivity contribution is 7.59. The number of carbonyl (C=O) groups is 1. The quantitative estimate of drug-likeness (QED) is 0.694. The van der Waals surface area contributed by atoms with Crippen LogP contribution in [0.3, 0.4) is 0 Å². The molecule has 0 aromatic heterocycles. The Bertz CT molecular complexity index is 405. The third-order valence-corrected chi connectivity index (χ3v) is 7.07. The molecule has 0 bridgehead atoms. The molecule has 0 radical (unpaired) electrons. The van der Waals surface area contributed by atoms with E-state index in [4.69, 9.17) is 9.26 Å². The molecular formula is C16H32NO4P. The second-order valence-corrected chi connectivity index (χ2v) is 9.92. The summed E-state index contributed by atoms with van der Waals surface area (Å²) in [6.45, 7) is 10.0. The fraction of sp³-hybridized carbons (Fsp3) is 0.938. The highest BCUT2D eigenvalue weighted by Gasteiger charge is 2.39. The monoisotopic (exact) mass is 333 g/mol. The van der Waals surface area contributed by atoms with Crippen molar-refractivity contribution < 1.29 is 18.6 Å². The molecule has 1 unspecified atom stereocenters. The fourth-order valence-corrected chi connectivity index (χ4v) is 5.89. The highest BCUT2D eigenvalue weighted by Crippen LogP contribution is 2.57. The summed E-state index contributed by atoms with van der Waals surface area (Å²) in [5.41, 5.74) is -0.428. The van der Waals surface area contributed by atoms with Crippen molar-refractivity contribution in [2.75, 3.05) is 12.8 Å². The number of alkyl carbamates (subject to hydrolysis) is 1. The van der Waals surface area contributed by atoms with Gasteiger partial charge in [-0.1, -0.05) is 13.3 Å². The minimum absolute atomic E-state index is 0.0373. The van der Waals surface area contributed by atoms with Gasteiger partial charge in [0, 0.05) is 17.9 Å². The van der Waals surface area contributed by atoms with Crippen molar-refractivity contribution >= 4 is 13.5 Å². The van der Waals surface area contributed by atoms with Gasteiger partial charge in [0.25, 0.3) is 0 Å². The number of hydrogen-bond donors (Lipinski definition) is 1. The molecule has 22 heavy (non-hydrogen) atoms. The maximum absolute atomic E-state index is 13.1. The molecule has 0 heterocycles. The molecule has 0 aliphatic heterocycles. The van der Waals surface area contributed by atoms with Crippen LogP contribution >= 0.6 is 7.37 Å². The zero-order valence-corrected chi connectivity index (χ0v) is 15.6. The minimum Gasteiger partial charge on any atom is -0.444 e. The third-order valence-electron chi connectivity index (χ3n) is 3.85. The van der Waals surface area contributed by atoms with Gasteiger partial charge in [0.15, 0.2) is 0 Å². The van der Waals surface area contributed by atoms with Crippen LogP contribution in [0.4, 0.5) is 4.79 Å². The number of ether oxygens (including phenoxy) is 1. The zero-order valence-electron chi connectivity index (χ0n) is 14.7. The molecular weight excluding hydrogens is 301 g/mol. The molecule has 1 fully saturated rings. The lowest BCUT2D eigenvalue weighted by atomic mass is 10.2. The van der Waals surface area contributed by atoms with Crippen molar-refractivity contribution in [1.82, 2.24) is 5.32 Å². The number of nitrogens with one attached hydrogen (secondary N) is 1. The van der Waals surface area contributed by atoms with Crippen LogP contribution in [0.25, 0.3) is 0 Å². The van der Waals surface area contributed by atoms with Gasteiger partial charge in [-0.25, -0.2) is 4.79 Å². The summed E-state index contributed by atoms with van der Waals surface area (Å²) in [5, 5.41) is 2.90. The second kappa shape index (κ2) is 8.35. The number of hydrogen-bond acceptors (Lipinski definition) is 4. The van der Waals surface area contributed by atoms with Gasteiger partial charge in [0.2, 0.25) is 7.37 Å². The Morgan fingerprint density at radius 3 is 2.50 bits per heavy atom. The van der Waals surface area contributed by atoms with Crippen LogP contribution in [0.5, 0.6) is 0 Å². The van der Waals surface area contributed by atoms with E-state index in [0.29, 0.717) is 12.8 Å². The predicted octanol–water partition coefficient (Wildman–Crippen LogP) is 4.55. The number of unbranched alkanes of at least 4 members (excludes halogenated alkanes) is 1. The molecule has 3 atom stereocenters. The van der Waals surface area contributed by atoms with Gasteiger partial charge in [-0.05, 0) is 53.4 Å². The lowest BCUT2D eigenvalue weighted by Crippen LogP contribution is -2.38. The van der Waals surface area contributed by atoms with Crippen molar-refractivity contribution in [1.29, 1.82) is 0 Å². The van der Waals surface area contributed by atoms with Gasteiger partial charge in [-0.3, -0.25) is 4.57 Å². The number of carbonyl (C=O) groups excluding carboxylic acids is 1. The van der Waals surface area contributed by atoms with Gasteiger partial charge in [0.05, 0.1) is 6.61 Å². The molecule has 1 rings (SSSR count). The summed E-state index contributed by atoms with van der Waals surface area (Å²) in [6.07, 6.45) is 4.62. The van der Waals surface area contributed by atoms with Crippen LogP contribution in [0.1, 0.15) is 66.7 Å². The molecule has 5 nitrogen and oxygen atoms in total. The number of amides is 1. The van der Waals surface area contributed by atoms with Crippen LogP contribution in [0.2, 0.25) is 0 Å². The topological polar surface area (TPSA) is 64.6 Å². The first kappa shape index (κ1) is 19.5. The van der Waals surface area contributed by atoms with Crippen molar-refractivity contribution in [2.24, 2.45) is 0 Å². The normalized spacial score (nSPS) is 24.8. The van der Waals surface area contributed by atoms with E-state index in [-0.39, 0.29) is 11.7 Å². The van der Waals surface area contributed by atoms with E-state index in [0.717, 1.165) is 32.1 Å². The van der Waals surface area contributed by atoms with Gasteiger partial charge in [-0.15, -0.1) is 0 Å². The second-order valence-electron chi connectivity index (χ2n) is 7.03. The van der Waals surface area contributed by atoms with Crippen molar-refractivity contribution in [3.8, 4) is 0 Å². The fourth-order valence-electron chi connectivity index (χ4n) is 2.87. The predicted molar refractivity (Wildman–Crippen MR) is 89.8 cm³/mol. The van der Waals surface area contributed by atoms with Crippen LogP contribution in [0, 0.1) is 0 Å². The Hall–Kier alpha value is -0.540. The molecule has 0 saturated heterocycles. The van der Waals surface area contributed by atoms with Gasteiger partial charge < -0.3 is 14.6 Å². The maximum atomic E-state index is 13.1. The molecule has 130 valence electrons. The summed E-state index contributed by atoms with van der Waals surface area (Å²) in [6, 6.07) is 0.0373. The van der Waals surface area contributed by atoms with Crippen molar-refractivity contribution in [2.45, 2.75) is 84.0 Å². The van der Waals surface area contributed by atoms with Crippen molar-refractivity contribution in [3.63, 3.8) is 0 Å². The summed E-state index contributed by atoms with van der Waals surface area (Å²) >= 11 is 0. The molecule has 0 spiro atoms. The van der Waals surface area contributed by atoms with E-state index in [1.807, 2.05) is 27.7 Å². The maximum Gasteiger partial charge on any atom is 0.407 e. The Morgan fingerprint density at radius 2 is 1.95 bits per heavy atom. The van der Waals surface area contributed by atoms with Crippen LogP contribution < -0.4 is 5.32 Å². The Balaban J connectivity index is 2.56. The van der Waals surface area contributed by atoms with E-state index < -0.39 is 19.1 Å². The molecule has 6 heteroatoms. The summed E-state index contributed by atoms with van der Waals surface area (Å²) in [7, 11) is -2.60. The summed E-state index contributed by atoms with van der Waals surface area (Å²) in [4.78, 5) is 11.8. The van der Waals surface area contributed by atoms with Crippen LogP contribution in [-0.2, 0) is 13.8 Å². The first-order valence-corrected chi connectivity index (χ1v) is 10.3. The van der Waals surface area contributed by atoms with Crippen LogP contribution in [0.15, 0.2) is 0 Å². The van der Waals surface area contributed by atoms with Crippen molar-refractivity contribution in [3.05, 3.63) is 0 Å². The first-order chi connectivity index (χ1) is 10.2. The van der Waals surface area contributed by atoms with E-state index in [1.165, 1.54) is 0 Å². The average molecular weight is 333 g/mol. The summed E-state index contributed by atoms with van der Waals surface area (Å²) < 4.78 is 24.0. The number of rotatable bonds is 7. The van der Waals surface area contributed by atoms with E-state index in [9.17, 15) is 9.36 Å². The molecule has 0 aromatic rings. The van der Waals surface area contributed by atoms with E-state index in [2.05, 4.69) is 12.2 Å². The molecule has 1 aliphatic carbocycles. The molecule has 1 amide bonds. The smallest absolute Gasteiger partial charge is 0.407 e.